The molecule has 0 radical (unpaired) electrons. The van der Waals surface area contributed by atoms with E-state index < -0.39 is 0 Å². The van der Waals surface area contributed by atoms with Gasteiger partial charge in [-0.25, -0.2) is 0 Å². The van der Waals surface area contributed by atoms with E-state index in [1.165, 1.54) is 35.2 Å². The maximum atomic E-state index is 2.47. The van der Waals surface area contributed by atoms with Gasteiger partial charge in [0.05, 0.1) is 0 Å². The van der Waals surface area contributed by atoms with Crippen molar-refractivity contribution in [3.63, 3.8) is 0 Å². The molecule has 100 valence electrons. The maximum Gasteiger partial charge on any atom is 0.0229 e. The molecule has 2 heterocycles. The third-order valence-electron chi connectivity index (χ3n) is 3.35. The van der Waals surface area contributed by atoms with E-state index in [0.717, 1.165) is 16.4 Å². The Hall–Kier alpha value is 1.40. The minimum Gasteiger partial charge on any atom is -0.160 e. The van der Waals surface area contributed by atoms with Gasteiger partial charge in [0, 0.05) is 44.0 Å². The molecule has 2 rings (SSSR count). The minimum atomic E-state index is 0.477. The highest BCUT2D eigenvalue weighted by Crippen LogP contribution is 2.41. The monoisotopic (exact) mass is 308 g/mol. The van der Waals surface area contributed by atoms with E-state index >= 15 is 0 Å². The molecule has 0 amide bonds. The zero-order valence-electron chi connectivity index (χ0n) is 11.1. The van der Waals surface area contributed by atoms with Crippen LogP contribution < -0.4 is 0 Å². The van der Waals surface area contributed by atoms with Crippen molar-refractivity contribution >= 4 is 47.0 Å². The van der Waals surface area contributed by atoms with Crippen LogP contribution in [0.2, 0.25) is 0 Å². The highest BCUT2D eigenvalue weighted by atomic mass is 32.2. The summed E-state index contributed by atoms with van der Waals surface area (Å²) in [7, 11) is 0. The predicted molar refractivity (Wildman–Crippen MR) is 90.1 cm³/mol. The summed E-state index contributed by atoms with van der Waals surface area (Å²) < 4.78 is 0.477. The summed E-state index contributed by atoms with van der Waals surface area (Å²) in [5, 5.41) is 1.89. The molecule has 3 atom stereocenters. The molecule has 0 N–H and O–H groups in total. The van der Waals surface area contributed by atoms with E-state index in [0.29, 0.717) is 4.75 Å². The van der Waals surface area contributed by atoms with Crippen molar-refractivity contribution in [2.45, 2.75) is 42.4 Å². The highest BCUT2D eigenvalue weighted by molar-refractivity contribution is 8.09. The quantitative estimate of drug-likeness (QED) is 0.663. The van der Waals surface area contributed by atoms with Crippen LogP contribution in [0.5, 0.6) is 0 Å². The van der Waals surface area contributed by atoms with Crippen molar-refractivity contribution in [2.24, 2.45) is 5.92 Å². The van der Waals surface area contributed by atoms with Crippen LogP contribution in [-0.4, -0.2) is 44.0 Å². The Kier molecular flexibility index (Phi) is 5.85. The molecule has 0 nitrogen and oxygen atoms in total. The molecule has 2 fully saturated rings. The van der Waals surface area contributed by atoms with Crippen LogP contribution in [0.1, 0.15) is 27.2 Å². The van der Waals surface area contributed by atoms with Crippen LogP contribution in [0.15, 0.2) is 0 Å². The van der Waals surface area contributed by atoms with E-state index in [1.807, 2.05) is 0 Å². The van der Waals surface area contributed by atoms with Gasteiger partial charge in [-0.15, -0.1) is 0 Å². The van der Waals surface area contributed by atoms with Crippen molar-refractivity contribution in [3.8, 4) is 0 Å². The molecular formula is C13H24S4. The maximum absolute atomic E-state index is 2.47. The predicted octanol–water partition coefficient (Wildman–Crippen LogP) is 4.49. The van der Waals surface area contributed by atoms with Crippen molar-refractivity contribution in [1.82, 2.24) is 0 Å². The van der Waals surface area contributed by atoms with Gasteiger partial charge in [0.25, 0.3) is 0 Å². The molecule has 0 aliphatic carbocycles. The molecule has 2 saturated heterocycles. The number of hydrogen-bond donors (Lipinski definition) is 0. The molecule has 2 aliphatic heterocycles. The molecule has 0 spiro atoms. The Balaban J connectivity index is 1.72. The second kappa shape index (κ2) is 6.71. The van der Waals surface area contributed by atoms with Crippen molar-refractivity contribution < 1.29 is 0 Å². The SMILES string of the molecule is CC(CC(C)(C)SCC1CS1)C1CSCCS1. The standard InChI is InChI=1S/C13H24S4/c1-10(12-9-14-4-5-15-12)6-13(2,3)17-8-11-7-16-11/h10-12H,4-9H2,1-3H3. The highest BCUT2D eigenvalue weighted by Gasteiger charge is 2.30. The number of thioether (sulfide) groups is 4. The summed E-state index contributed by atoms with van der Waals surface area (Å²) in [6.45, 7) is 7.36. The van der Waals surface area contributed by atoms with Crippen LogP contribution in [-0.2, 0) is 0 Å². The summed E-state index contributed by atoms with van der Waals surface area (Å²) in [6, 6.07) is 0. The van der Waals surface area contributed by atoms with E-state index in [9.17, 15) is 0 Å². The molecule has 2 aliphatic rings. The summed E-state index contributed by atoms with van der Waals surface area (Å²) in [5.74, 6) is 7.77. The Labute approximate surface area is 124 Å². The van der Waals surface area contributed by atoms with Crippen LogP contribution >= 0.6 is 47.0 Å². The van der Waals surface area contributed by atoms with Gasteiger partial charge in [-0.1, -0.05) is 20.8 Å². The van der Waals surface area contributed by atoms with E-state index in [4.69, 9.17) is 0 Å². The topological polar surface area (TPSA) is 0 Å². The lowest BCUT2D eigenvalue weighted by atomic mass is 9.95. The first-order chi connectivity index (χ1) is 8.07. The normalized spacial score (nSPS) is 31.2. The minimum absolute atomic E-state index is 0.477. The average Bonchev–Trinajstić information content (AvgIpc) is 3.11. The molecular weight excluding hydrogens is 284 g/mol. The fourth-order valence-electron chi connectivity index (χ4n) is 2.28. The van der Waals surface area contributed by atoms with Gasteiger partial charge in [0.2, 0.25) is 0 Å². The Morgan fingerprint density at radius 2 is 2.00 bits per heavy atom. The van der Waals surface area contributed by atoms with Crippen LogP contribution in [0.25, 0.3) is 0 Å². The summed E-state index contributed by atoms with van der Waals surface area (Å²) in [5.41, 5.74) is 0. The molecule has 4 heteroatoms. The zero-order valence-corrected chi connectivity index (χ0v) is 14.4. The molecule has 0 saturated carbocycles. The molecule has 0 aromatic carbocycles. The molecule has 3 unspecified atom stereocenters. The molecule has 17 heavy (non-hydrogen) atoms. The third kappa shape index (κ3) is 5.50. The molecule has 0 bridgehead atoms. The lowest BCUT2D eigenvalue weighted by molar-refractivity contribution is 0.467. The van der Waals surface area contributed by atoms with Crippen LogP contribution in [0, 0.1) is 5.92 Å². The van der Waals surface area contributed by atoms with Crippen molar-refractivity contribution in [3.05, 3.63) is 0 Å². The second-order valence-electron chi connectivity index (χ2n) is 5.69. The fourth-order valence-corrected chi connectivity index (χ4v) is 7.40. The number of rotatable bonds is 6. The first-order valence-electron chi connectivity index (χ1n) is 6.52. The average molecular weight is 309 g/mol. The smallest absolute Gasteiger partial charge is 0.0229 e. The van der Waals surface area contributed by atoms with E-state index in [2.05, 4.69) is 67.8 Å². The summed E-state index contributed by atoms with van der Waals surface area (Å²) in [4.78, 5) is 0. The second-order valence-corrected chi connectivity index (χ2v) is 11.2. The first-order valence-corrected chi connectivity index (χ1v) is 10.8. The van der Waals surface area contributed by atoms with Crippen LogP contribution in [0.3, 0.4) is 0 Å². The third-order valence-corrected chi connectivity index (χ3v) is 9.11. The first kappa shape index (κ1) is 14.8. The molecule has 0 aromatic heterocycles. The van der Waals surface area contributed by atoms with Gasteiger partial charge in [-0.05, 0) is 12.3 Å². The van der Waals surface area contributed by atoms with Crippen molar-refractivity contribution in [2.75, 3.05) is 28.8 Å². The Morgan fingerprint density at radius 3 is 2.59 bits per heavy atom. The number of hydrogen-bond acceptors (Lipinski definition) is 4. The van der Waals surface area contributed by atoms with Gasteiger partial charge in [0.1, 0.15) is 0 Å². The van der Waals surface area contributed by atoms with Crippen molar-refractivity contribution in [1.29, 1.82) is 0 Å². The Morgan fingerprint density at radius 1 is 1.24 bits per heavy atom. The Bertz CT molecular complexity index is 232. The van der Waals surface area contributed by atoms with E-state index in [-0.39, 0.29) is 0 Å². The zero-order chi connectivity index (χ0) is 12.3. The van der Waals surface area contributed by atoms with Gasteiger partial charge in [0.15, 0.2) is 0 Å². The lowest BCUT2D eigenvalue weighted by Gasteiger charge is -2.33. The van der Waals surface area contributed by atoms with Gasteiger partial charge >= 0.3 is 0 Å². The summed E-state index contributed by atoms with van der Waals surface area (Å²) >= 11 is 8.70. The molecule has 0 aromatic rings. The van der Waals surface area contributed by atoms with E-state index in [1.54, 1.807) is 0 Å². The summed E-state index contributed by atoms with van der Waals surface area (Å²) in [6.07, 6.45) is 1.38. The lowest BCUT2D eigenvalue weighted by Crippen LogP contribution is -2.29. The van der Waals surface area contributed by atoms with Gasteiger partial charge < -0.3 is 0 Å². The fraction of sp³-hybridized carbons (Fsp3) is 1.00. The van der Waals surface area contributed by atoms with Gasteiger partial charge in [-0.3, -0.25) is 0 Å². The largest absolute Gasteiger partial charge is 0.160 e. The van der Waals surface area contributed by atoms with Crippen LogP contribution in [0.4, 0.5) is 0 Å². The van der Waals surface area contributed by atoms with Gasteiger partial charge in [-0.2, -0.15) is 47.0 Å².